The van der Waals surface area contributed by atoms with E-state index in [1.54, 1.807) is 31.2 Å². The minimum atomic E-state index is -0.653. The van der Waals surface area contributed by atoms with Gasteiger partial charge in [0.25, 0.3) is 11.2 Å². The second-order valence-corrected chi connectivity index (χ2v) is 8.33. The van der Waals surface area contributed by atoms with E-state index in [1.807, 2.05) is 0 Å². The summed E-state index contributed by atoms with van der Waals surface area (Å²) in [4.78, 5) is 40.4. The summed E-state index contributed by atoms with van der Waals surface area (Å²) in [7, 11) is 0. The second-order valence-electron chi connectivity index (χ2n) is 6.62. The van der Waals surface area contributed by atoms with E-state index in [1.165, 1.54) is 16.7 Å². The average Bonchev–Trinajstić information content (AvgIpc) is 2.74. The number of aliphatic hydroxyl groups is 1. The Bertz CT molecular complexity index is 1200. The lowest BCUT2D eigenvalue weighted by atomic mass is 10.2. The maximum Gasteiger partial charge on any atom is 0.271 e. The SMILES string of the molecule is CC(Sc1nc2ccccc2c(=O)n1CCCO)C(=O)Nc1ccc([N+](=O)[O-])cc1Cl. The number of anilines is 1. The van der Waals surface area contributed by atoms with Crippen LogP contribution in [0.25, 0.3) is 10.9 Å². The van der Waals surface area contributed by atoms with Crippen LogP contribution >= 0.6 is 23.4 Å². The summed E-state index contributed by atoms with van der Waals surface area (Å²) in [6.45, 7) is 1.83. The number of aliphatic hydroxyl groups excluding tert-OH is 1. The van der Waals surface area contributed by atoms with Crippen LogP contribution in [0, 0.1) is 10.1 Å². The number of para-hydroxylation sites is 1. The molecule has 0 aliphatic heterocycles. The largest absolute Gasteiger partial charge is 0.396 e. The number of aromatic nitrogens is 2. The van der Waals surface area contributed by atoms with Crippen LogP contribution < -0.4 is 10.9 Å². The summed E-state index contributed by atoms with van der Waals surface area (Å²) in [5, 5.41) is 22.9. The molecule has 31 heavy (non-hydrogen) atoms. The Hall–Kier alpha value is -2.95. The molecule has 0 bridgehead atoms. The van der Waals surface area contributed by atoms with Crippen molar-refractivity contribution in [3.05, 3.63) is 68.0 Å². The van der Waals surface area contributed by atoms with Gasteiger partial charge >= 0.3 is 0 Å². The number of fused-ring (bicyclic) bond motifs is 1. The number of hydrogen-bond acceptors (Lipinski definition) is 7. The monoisotopic (exact) mass is 462 g/mol. The van der Waals surface area contributed by atoms with E-state index in [0.29, 0.717) is 22.5 Å². The van der Waals surface area contributed by atoms with Crippen molar-refractivity contribution in [3.8, 4) is 0 Å². The fourth-order valence-electron chi connectivity index (χ4n) is 2.83. The van der Waals surface area contributed by atoms with Crippen LogP contribution in [0.1, 0.15) is 13.3 Å². The first-order valence-corrected chi connectivity index (χ1v) is 10.6. The predicted octanol–water partition coefficient (Wildman–Crippen LogP) is 3.46. The van der Waals surface area contributed by atoms with Gasteiger partial charge in [-0.1, -0.05) is 35.5 Å². The number of amides is 1. The quantitative estimate of drug-likeness (QED) is 0.227. The van der Waals surface area contributed by atoms with E-state index in [2.05, 4.69) is 10.3 Å². The highest BCUT2D eigenvalue weighted by Crippen LogP contribution is 2.28. The fourth-order valence-corrected chi connectivity index (χ4v) is 3.99. The Morgan fingerprint density at radius 1 is 1.35 bits per heavy atom. The summed E-state index contributed by atoms with van der Waals surface area (Å²) in [5.74, 6) is -0.406. The maximum absolute atomic E-state index is 12.9. The number of halogens is 1. The molecule has 1 aromatic heterocycles. The molecular formula is C20H19ClN4O5S. The molecule has 3 rings (SSSR count). The number of carbonyl (C=O) groups excluding carboxylic acids is 1. The smallest absolute Gasteiger partial charge is 0.271 e. The van der Waals surface area contributed by atoms with Crippen LogP contribution in [0.4, 0.5) is 11.4 Å². The van der Waals surface area contributed by atoms with Crippen LogP contribution in [0.5, 0.6) is 0 Å². The van der Waals surface area contributed by atoms with Crippen LogP contribution in [-0.2, 0) is 11.3 Å². The van der Waals surface area contributed by atoms with Gasteiger partial charge in [-0.3, -0.25) is 24.3 Å². The molecule has 0 radical (unpaired) electrons. The highest BCUT2D eigenvalue weighted by atomic mass is 35.5. The van der Waals surface area contributed by atoms with Crippen LogP contribution in [0.2, 0.25) is 5.02 Å². The molecule has 1 heterocycles. The minimum absolute atomic E-state index is 0.0448. The highest BCUT2D eigenvalue weighted by molar-refractivity contribution is 8.00. The fraction of sp³-hybridized carbons (Fsp3) is 0.250. The first-order valence-electron chi connectivity index (χ1n) is 9.33. The summed E-state index contributed by atoms with van der Waals surface area (Å²) in [6, 6.07) is 10.7. The van der Waals surface area contributed by atoms with E-state index >= 15 is 0 Å². The third kappa shape index (κ3) is 5.22. The van der Waals surface area contributed by atoms with Gasteiger partial charge in [0.1, 0.15) is 0 Å². The van der Waals surface area contributed by atoms with E-state index < -0.39 is 16.1 Å². The molecule has 1 amide bonds. The number of thioether (sulfide) groups is 1. The minimum Gasteiger partial charge on any atom is -0.396 e. The molecule has 2 aromatic carbocycles. The van der Waals surface area contributed by atoms with Gasteiger partial charge in [-0.05, 0) is 31.5 Å². The van der Waals surface area contributed by atoms with Crippen molar-refractivity contribution in [2.75, 3.05) is 11.9 Å². The topological polar surface area (TPSA) is 127 Å². The van der Waals surface area contributed by atoms with Gasteiger partial charge in [-0.25, -0.2) is 4.98 Å². The molecule has 0 saturated carbocycles. The van der Waals surface area contributed by atoms with Crippen molar-refractivity contribution in [2.45, 2.75) is 30.3 Å². The molecule has 162 valence electrons. The Morgan fingerprint density at radius 2 is 2.10 bits per heavy atom. The van der Waals surface area contributed by atoms with Gasteiger partial charge in [0, 0.05) is 25.3 Å². The Balaban J connectivity index is 1.85. The van der Waals surface area contributed by atoms with E-state index in [4.69, 9.17) is 11.6 Å². The van der Waals surface area contributed by atoms with Gasteiger partial charge in [0.2, 0.25) is 5.91 Å². The number of nitrogens with zero attached hydrogens (tertiary/aromatic N) is 3. The van der Waals surface area contributed by atoms with Crippen LogP contribution in [-0.4, -0.2) is 37.3 Å². The van der Waals surface area contributed by atoms with Gasteiger partial charge in [-0.15, -0.1) is 0 Å². The van der Waals surface area contributed by atoms with Crippen molar-refractivity contribution in [1.29, 1.82) is 0 Å². The number of benzene rings is 2. The summed E-state index contributed by atoms with van der Waals surface area (Å²) >= 11 is 7.14. The molecule has 1 atom stereocenters. The Kier molecular flexibility index (Phi) is 7.26. The van der Waals surface area contributed by atoms with Gasteiger partial charge in [0.05, 0.1) is 31.8 Å². The number of rotatable bonds is 8. The molecule has 2 N–H and O–H groups in total. The Morgan fingerprint density at radius 3 is 2.77 bits per heavy atom. The maximum atomic E-state index is 12.9. The van der Waals surface area contributed by atoms with Crippen LogP contribution in [0.3, 0.4) is 0 Å². The average molecular weight is 463 g/mol. The molecule has 0 fully saturated rings. The Labute approximate surface area is 186 Å². The van der Waals surface area contributed by atoms with E-state index in [0.717, 1.165) is 17.8 Å². The number of nitrogens with one attached hydrogen (secondary N) is 1. The first-order chi connectivity index (χ1) is 14.8. The third-order valence-electron chi connectivity index (χ3n) is 4.44. The van der Waals surface area contributed by atoms with Gasteiger partial charge < -0.3 is 10.4 Å². The first kappa shape index (κ1) is 22.7. The van der Waals surface area contributed by atoms with E-state index in [9.17, 15) is 24.8 Å². The zero-order chi connectivity index (χ0) is 22.5. The zero-order valence-electron chi connectivity index (χ0n) is 16.4. The second kappa shape index (κ2) is 9.90. The molecule has 11 heteroatoms. The van der Waals surface area contributed by atoms with Crippen molar-refractivity contribution in [3.63, 3.8) is 0 Å². The normalized spacial score (nSPS) is 12.0. The molecule has 9 nitrogen and oxygen atoms in total. The van der Waals surface area contributed by atoms with Gasteiger partial charge in [0.15, 0.2) is 5.16 Å². The number of nitro benzene ring substituents is 1. The molecule has 0 aliphatic rings. The lowest BCUT2D eigenvalue weighted by Gasteiger charge is -2.16. The van der Waals surface area contributed by atoms with Crippen molar-refractivity contribution >= 4 is 51.5 Å². The molecule has 0 aliphatic carbocycles. The summed E-state index contributed by atoms with van der Waals surface area (Å²) in [6.07, 6.45) is 0.368. The van der Waals surface area contributed by atoms with Crippen molar-refractivity contribution in [1.82, 2.24) is 9.55 Å². The molecule has 0 saturated heterocycles. The standard InChI is InChI=1S/C20H19ClN4O5S/c1-12(18(27)22-17-8-7-13(25(29)30)11-15(17)21)31-20-23-16-6-3-2-5-14(16)19(28)24(20)9-4-10-26/h2-3,5-8,11-12,26H,4,9-10H2,1H3,(H,22,27). The van der Waals surface area contributed by atoms with Crippen molar-refractivity contribution < 1.29 is 14.8 Å². The van der Waals surface area contributed by atoms with Gasteiger partial charge in [-0.2, -0.15) is 0 Å². The number of nitro groups is 1. The summed E-state index contributed by atoms with van der Waals surface area (Å²) in [5.41, 5.74) is 0.335. The third-order valence-corrected chi connectivity index (χ3v) is 5.84. The molecule has 1 unspecified atom stereocenters. The molecule has 3 aromatic rings. The lowest BCUT2D eigenvalue weighted by Crippen LogP contribution is -2.27. The lowest BCUT2D eigenvalue weighted by molar-refractivity contribution is -0.384. The zero-order valence-corrected chi connectivity index (χ0v) is 18.0. The summed E-state index contributed by atoms with van der Waals surface area (Å²) < 4.78 is 1.45. The van der Waals surface area contributed by atoms with Crippen LogP contribution in [0.15, 0.2) is 52.4 Å². The molecular weight excluding hydrogens is 444 g/mol. The highest BCUT2D eigenvalue weighted by Gasteiger charge is 2.21. The van der Waals surface area contributed by atoms with Crippen molar-refractivity contribution in [2.24, 2.45) is 0 Å². The number of carbonyl (C=O) groups is 1. The predicted molar refractivity (Wildman–Crippen MR) is 120 cm³/mol. The van der Waals surface area contributed by atoms with E-state index in [-0.39, 0.29) is 35.1 Å². The number of non-ortho nitro benzene ring substituents is 1. The molecule has 0 spiro atoms. The number of hydrogen-bond donors (Lipinski definition) is 2.